The van der Waals surface area contributed by atoms with E-state index in [0.717, 1.165) is 31.6 Å². The Kier molecular flexibility index (Phi) is 11.5. The first kappa shape index (κ1) is 21.7. The molecule has 0 radical (unpaired) electrons. The number of ether oxygens (including phenoxy) is 1. The van der Waals surface area contributed by atoms with Gasteiger partial charge < -0.3 is 9.64 Å². The Morgan fingerprint density at radius 3 is 2.26 bits per heavy atom. The van der Waals surface area contributed by atoms with Crippen molar-refractivity contribution < 1.29 is 9.53 Å². The van der Waals surface area contributed by atoms with Crippen LogP contribution < -0.4 is 0 Å². The Bertz CT molecular complexity index is 448. The number of hydrogen-bond acceptors (Lipinski definition) is 4. The summed E-state index contributed by atoms with van der Waals surface area (Å²) in [5.74, 6) is 0.213. The molecule has 0 heterocycles. The van der Waals surface area contributed by atoms with Crippen molar-refractivity contribution in [1.29, 1.82) is 0 Å². The van der Waals surface area contributed by atoms with E-state index in [1.54, 1.807) is 12.2 Å². The highest BCUT2D eigenvalue weighted by molar-refractivity contribution is 7.80. The van der Waals surface area contributed by atoms with Crippen LogP contribution in [0.1, 0.15) is 34.1 Å². The van der Waals surface area contributed by atoms with E-state index in [-0.39, 0.29) is 11.2 Å². The Balaban J connectivity index is 5.54. The number of esters is 1. The molecule has 0 bridgehead atoms. The van der Waals surface area contributed by atoms with Crippen LogP contribution in [0.15, 0.2) is 48.8 Å². The maximum absolute atomic E-state index is 11.6. The average molecular weight is 338 g/mol. The summed E-state index contributed by atoms with van der Waals surface area (Å²) in [5, 5.41) is 0.126. The first-order valence-electron chi connectivity index (χ1n) is 8.18. The van der Waals surface area contributed by atoms with Crippen LogP contribution in [0.4, 0.5) is 0 Å². The normalized spacial score (nSPS) is 15.2. The second kappa shape index (κ2) is 12.2. The summed E-state index contributed by atoms with van der Waals surface area (Å²) in [7, 11) is 0. The summed E-state index contributed by atoms with van der Waals surface area (Å²) in [6.07, 6.45) is 7.50. The summed E-state index contributed by atoms with van der Waals surface area (Å²) in [6.45, 7) is 18.6. The van der Waals surface area contributed by atoms with Crippen molar-refractivity contribution in [2.24, 2.45) is 5.92 Å². The van der Waals surface area contributed by atoms with Crippen molar-refractivity contribution in [2.75, 3.05) is 19.6 Å². The zero-order valence-electron chi connectivity index (χ0n) is 14.9. The van der Waals surface area contributed by atoms with E-state index in [2.05, 4.69) is 51.5 Å². The fraction of sp³-hybridized carbons (Fsp3) is 0.526. The fourth-order valence-corrected chi connectivity index (χ4v) is 2.75. The van der Waals surface area contributed by atoms with Crippen LogP contribution in [0, 0.1) is 5.92 Å². The molecule has 0 aromatic rings. The Morgan fingerprint density at radius 1 is 1.26 bits per heavy atom. The Labute approximate surface area is 147 Å². The van der Waals surface area contributed by atoms with Gasteiger partial charge in [-0.1, -0.05) is 46.1 Å². The molecule has 0 aliphatic rings. The third-order valence-corrected chi connectivity index (χ3v) is 4.19. The van der Waals surface area contributed by atoms with Gasteiger partial charge in [-0.15, -0.1) is 0 Å². The van der Waals surface area contributed by atoms with Gasteiger partial charge in [-0.05, 0) is 44.6 Å². The lowest BCUT2D eigenvalue weighted by molar-refractivity contribution is -0.133. The highest BCUT2D eigenvalue weighted by atomic mass is 32.1. The molecular formula is C19H31NO2S. The molecule has 2 unspecified atom stereocenters. The minimum Gasteiger partial charge on any atom is -0.423 e. The van der Waals surface area contributed by atoms with Crippen LogP contribution >= 0.6 is 12.6 Å². The maximum Gasteiger partial charge on any atom is 0.335 e. The monoisotopic (exact) mass is 337 g/mol. The number of carbonyl (C=O) groups excluding carboxylic acids is 1. The van der Waals surface area contributed by atoms with E-state index in [4.69, 9.17) is 4.74 Å². The van der Waals surface area contributed by atoms with Gasteiger partial charge >= 0.3 is 5.97 Å². The van der Waals surface area contributed by atoms with Gasteiger partial charge in [-0.2, -0.15) is 12.6 Å². The number of allylic oxidation sites excluding steroid dienone is 4. The molecule has 0 aromatic heterocycles. The van der Waals surface area contributed by atoms with Crippen molar-refractivity contribution >= 4 is 18.6 Å². The van der Waals surface area contributed by atoms with Crippen LogP contribution in [0.3, 0.4) is 0 Å². The fourth-order valence-electron chi connectivity index (χ4n) is 2.44. The van der Waals surface area contributed by atoms with Crippen LogP contribution in [-0.4, -0.2) is 35.8 Å². The molecule has 0 saturated heterocycles. The molecule has 0 aliphatic heterocycles. The number of nitrogens with zero attached hydrogens (tertiary/aromatic N) is 1. The van der Waals surface area contributed by atoms with E-state index < -0.39 is 5.97 Å². The lowest BCUT2D eigenvalue weighted by Crippen LogP contribution is -2.28. The molecule has 0 aromatic carbocycles. The summed E-state index contributed by atoms with van der Waals surface area (Å²) in [6, 6.07) is 0. The van der Waals surface area contributed by atoms with Gasteiger partial charge in [-0.3, -0.25) is 0 Å². The van der Waals surface area contributed by atoms with Gasteiger partial charge in [0, 0.05) is 17.2 Å². The minimum atomic E-state index is -0.466. The second-order valence-corrected chi connectivity index (χ2v) is 6.13. The molecule has 0 rings (SSSR count). The van der Waals surface area contributed by atoms with Gasteiger partial charge in [0.15, 0.2) is 0 Å². The summed E-state index contributed by atoms with van der Waals surface area (Å²) in [4.78, 5) is 14.0. The smallest absolute Gasteiger partial charge is 0.335 e. The van der Waals surface area contributed by atoms with Crippen molar-refractivity contribution in [2.45, 2.75) is 39.4 Å². The molecule has 130 valence electrons. The van der Waals surface area contributed by atoms with Gasteiger partial charge in [0.2, 0.25) is 0 Å². The minimum absolute atomic E-state index is 0.126. The summed E-state index contributed by atoms with van der Waals surface area (Å²) < 4.78 is 5.40. The second-order valence-electron chi connectivity index (χ2n) is 5.31. The standard InChI is InChI=1S/C19H31NO2S/c1-7-12-18(22-19(21)9-3)16(8-2)17(15(6)23)13-14-20(10-4)11-5/h7-9,12,15,17,23H,2-3,10-11,13-14H2,1,4-6H3/b12-7-,18-16-. The largest absolute Gasteiger partial charge is 0.423 e. The first-order valence-corrected chi connectivity index (χ1v) is 8.70. The first-order chi connectivity index (χ1) is 10.9. The van der Waals surface area contributed by atoms with E-state index in [1.807, 2.05) is 13.0 Å². The SMILES string of the molecule is C=CC(=O)OC(/C=C\C)=C(/C=C)C(CCN(CC)CC)C(C)S. The molecule has 3 nitrogen and oxygen atoms in total. The third-order valence-electron chi connectivity index (χ3n) is 3.83. The maximum atomic E-state index is 11.6. The van der Waals surface area contributed by atoms with Crippen molar-refractivity contribution in [3.8, 4) is 0 Å². The van der Waals surface area contributed by atoms with Crippen molar-refractivity contribution in [3.05, 3.63) is 48.8 Å². The predicted molar refractivity (Wildman–Crippen MR) is 103 cm³/mol. The molecule has 0 N–H and O–H groups in total. The molecule has 2 atom stereocenters. The number of thiol groups is 1. The van der Waals surface area contributed by atoms with Crippen molar-refractivity contribution in [3.63, 3.8) is 0 Å². The zero-order chi connectivity index (χ0) is 17.8. The lowest BCUT2D eigenvalue weighted by atomic mass is 9.90. The predicted octanol–water partition coefficient (Wildman–Crippen LogP) is 4.40. The van der Waals surface area contributed by atoms with Crippen LogP contribution in [0.2, 0.25) is 0 Å². The highest BCUT2D eigenvalue weighted by Crippen LogP contribution is 2.28. The molecule has 23 heavy (non-hydrogen) atoms. The number of hydrogen-bond donors (Lipinski definition) is 1. The lowest BCUT2D eigenvalue weighted by Gasteiger charge is -2.26. The molecule has 0 fully saturated rings. The van der Waals surface area contributed by atoms with Crippen LogP contribution in [0.5, 0.6) is 0 Å². The number of rotatable bonds is 11. The van der Waals surface area contributed by atoms with Crippen LogP contribution in [-0.2, 0) is 9.53 Å². The molecule has 4 heteroatoms. The van der Waals surface area contributed by atoms with Crippen molar-refractivity contribution in [1.82, 2.24) is 4.90 Å². The van der Waals surface area contributed by atoms with E-state index in [0.29, 0.717) is 5.76 Å². The van der Waals surface area contributed by atoms with E-state index in [9.17, 15) is 4.79 Å². The summed E-state index contributed by atoms with van der Waals surface area (Å²) in [5.41, 5.74) is 0.910. The molecule has 0 amide bonds. The molecule has 0 spiro atoms. The Morgan fingerprint density at radius 2 is 1.87 bits per heavy atom. The van der Waals surface area contributed by atoms with Gasteiger partial charge in [0.05, 0.1) is 0 Å². The highest BCUT2D eigenvalue weighted by Gasteiger charge is 2.22. The van der Waals surface area contributed by atoms with Crippen LogP contribution in [0.25, 0.3) is 0 Å². The molecule has 0 aliphatic carbocycles. The van der Waals surface area contributed by atoms with Gasteiger partial charge in [0.1, 0.15) is 5.76 Å². The molecular weight excluding hydrogens is 306 g/mol. The van der Waals surface area contributed by atoms with E-state index >= 15 is 0 Å². The zero-order valence-corrected chi connectivity index (χ0v) is 15.8. The van der Waals surface area contributed by atoms with Gasteiger partial charge in [0.25, 0.3) is 0 Å². The van der Waals surface area contributed by atoms with E-state index in [1.165, 1.54) is 6.08 Å². The topological polar surface area (TPSA) is 29.5 Å². The summed E-state index contributed by atoms with van der Waals surface area (Å²) >= 11 is 4.64. The average Bonchev–Trinajstić information content (AvgIpc) is 2.54. The third kappa shape index (κ3) is 7.71. The quantitative estimate of drug-likeness (QED) is 0.199. The van der Waals surface area contributed by atoms with Gasteiger partial charge in [-0.25, -0.2) is 4.79 Å². The number of carbonyl (C=O) groups is 1. The molecule has 0 saturated carbocycles. The Hall–Kier alpha value is -1.26.